The third-order valence-electron chi connectivity index (χ3n) is 1.68. The van der Waals surface area contributed by atoms with Crippen LogP contribution in [0.5, 0.6) is 5.75 Å². The number of hydrogen-bond acceptors (Lipinski definition) is 3. The van der Waals surface area contributed by atoms with Gasteiger partial charge in [-0.2, -0.15) is 0 Å². The molecule has 13 heavy (non-hydrogen) atoms. The van der Waals surface area contributed by atoms with Gasteiger partial charge in [0, 0.05) is 6.08 Å². The molecule has 1 unspecified atom stereocenters. The molecule has 1 aliphatic rings. The average molecular weight is 176 g/mol. The van der Waals surface area contributed by atoms with Gasteiger partial charge < -0.3 is 9.47 Å². The lowest BCUT2D eigenvalue weighted by atomic mass is 10.3. The van der Waals surface area contributed by atoms with Crippen molar-refractivity contribution < 1.29 is 14.3 Å². The van der Waals surface area contributed by atoms with E-state index in [9.17, 15) is 4.79 Å². The van der Waals surface area contributed by atoms with Crippen molar-refractivity contribution in [3.05, 3.63) is 42.7 Å². The van der Waals surface area contributed by atoms with Crippen LogP contribution in [0.2, 0.25) is 0 Å². The van der Waals surface area contributed by atoms with E-state index >= 15 is 0 Å². The van der Waals surface area contributed by atoms with E-state index in [1.165, 1.54) is 6.26 Å². The van der Waals surface area contributed by atoms with Crippen molar-refractivity contribution in [1.82, 2.24) is 0 Å². The van der Waals surface area contributed by atoms with E-state index in [4.69, 9.17) is 4.74 Å². The van der Waals surface area contributed by atoms with Crippen molar-refractivity contribution in [3.8, 4) is 5.75 Å². The summed E-state index contributed by atoms with van der Waals surface area (Å²) in [6, 6.07) is 9.16. The molecule has 1 aromatic rings. The molecule has 66 valence electrons. The van der Waals surface area contributed by atoms with Crippen molar-refractivity contribution in [1.29, 1.82) is 0 Å². The van der Waals surface area contributed by atoms with Crippen LogP contribution in [0.1, 0.15) is 0 Å². The molecule has 0 bridgehead atoms. The van der Waals surface area contributed by atoms with Crippen LogP contribution in [-0.2, 0) is 9.53 Å². The molecular weight excluding hydrogens is 168 g/mol. The normalized spacial score (nSPS) is 20.0. The second-order valence-electron chi connectivity index (χ2n) is 2.62. The van der Waals surface area contributed by atoms with E-state index in [1.54, 1.807) is 18.2 Å². The third-order valence-corrected chi connectivity index (χ3v) is 1.68. The Hall–Kier alpha value is -1.77. The summed E-state index contributed by atoms with van der Waals surface area (Å²) in [5.41, 5.74) is 0. The van der Waals surface area contributed by atoms with Crippen molar-refractivity contribution in [2.45, 2.75) is 6.10 Å². The standard InChI is InChI=1S/C10H8O3/c11-10-9(6-7-12-10)13-8-4-2-1-3-5-8/h1-7,9H. The molecule has 0 radical (unpaired) electrons. The van der Waals surface area contributed by atoms with E-state index < -0.39 is 6.10 Å². The number of carbonyl (C=O) groups excluding carboxylic acids is 1. The number of esters is 1. The quantitative estimate of drug-likeness (QED) is 0.640. The minimum Gasteiger partial charge on any atom is -0.474 e. The van der Waals surface area contributed by atoms with E-state index in [0.29, 0.717) is 5.75 Å². The van der Waals surface area contributed by atoms with Gasteiger partial charge in [-0.1, -0.05) is 18.2 Å². The van der Waals surface area contributed by atoms with Crippen LogP contribution in [-0.4, -0.2) is 12.1 Å². The first-order chi connectivity index (χ1) is 6.36. The zero-order valence-electron chi connectivity index (χ0n) is 6.84. The van der Waals surface area contributed by atoms with Crippen molar-refractivity contribution in [2.75, 3.05) is 0 Å². The third kappa shape index (κ3) is 1.69. The summed E-state index contributed by atoms with van der Waals surface area (Å²) in [6.07, 6.45) is 2.33. The van der Waals surface area contributed by atoms with Crippen molar-refractivity contribution in [3.63, 3.8) is 0 Å². The SMILES string of the molecule is O=C1OC=CC1Oc1ccccc1. The molecule has 1 aliphatic heterocycles. The molecule has 3 heteroatoms. The molecule has 1 aromatic carbocycles. The monoisotopic (exact) mass is 176 g/mol. The lowest BCUT2D eigenvalue weighted by molar-refractivity contribution is -0.141. The Balaban J connectivity index is 2.06. The Bertz CT molecular complexity index is 329. The Morgan fingerprint density at radius 2 is 2.00 bits per heavy atom. The molecule has 0 saturated heterocycles. The molecule has 0 spiro atoms. The fraction of sp³-hybridized carbons (Fsp3) is 0.100. The number of para-hydroxylation sites is 1. The molecule has 1 atom stereocenters. The van der Waals surface area contributed by atoms with Gasteiger partial charge in [0.2, 0.25) is 6.10 Å². The predicted molar refractivity (Wildman–Crippen MR) is 46.1 cm³/mol. The summed E-state index contributed by atoms with van der Waals surface area (Å²) >= 11 is 0. The fourth-order valence-corrected chi connectivity index (χ4v) is 1.06. The van der Waals surface area contributed by atoms with Crippen LogP contribution >= 0.6 is 0 Å². The van der Waals surface area contributed by atoms with Gasteiger partial charge in [0.05, 0.1) is 6.26 Å². The minimum absolute atomic E-state index is 0.371. The fourth-order valence-electron chi connectivity index (χ4n) is 1.06. The highest BCUT2D eigenvalue weighted by atomic mass is 16.6. The van der Waals surface area contributed by atoms with Gasteiger partial charge in [-0.15, -0.1) is 0 Å². The number of ether oxygens (including phenoxy) is 2. The van der Waals surface area contributed by atoms with Gasteiger partial charge >= 0.3 is 5.97 Å². The highest BCUT2D eigenvalue weighted by Gasteiger charge is 2.23. The molecule has 0 aromatic heterocycles. The largest absolute Gasteiger partial charge is 0.474 e. The maximum absolute atomic E-state index is 11.0. The van der Waals surface area contributed by atoms with Gasteiger partial charge in [0.1, 0.15) is 5.75 Å². The van der Waals surface area contributed by atoms with Crippen LogP contribution < -0.4 is 4.74 Å². The summed E-state index contributed by atoms with van der Waals surface area (Å²) < 4.78 is 9.92. The number of hydrogen-bond donors (Lipinski definition) is 0. The molecule has 0 N–H and O–H groups in total. The van der Waals surface area contributed by atoms with Crippen LogP contribution in [0.15, 0.2) is 42.7 Å². The maximum Gasteiger partial charge on any atom is 0.356 e. The molecule has 1 heterocycles. The molecule has 2 rings (SSSR count). The average Bonchev–Trinajstić information content (AvgIpc) is 2.54. The Morgan fingerprint density at radius 1 is 1.23 bits per heavy atom. The second-order valence-corrected chi connectivity index (χ2v) is 2.62. The number of cyclic esters (lactones) is 1. The molecule has 3 nitrogen and oxygen atoms in total. The number of rotatable bonds is 2. The van der Waals surface area contributed by atoms with Crippen LogP contribution in [0.3, 0.4) is 0 Å². The Labute approximate surface area is 75.6 Å². The van der Waals surface area contributed by atoms with E-state index in [-0.39, 0.29) is 5.97 Å². The van der Waals surface area contributed by atoms with Crippen molar-refractivity contribution in [2.24, 2.45) is 0 Å². The Kier molecular flexibility index (Phi) is 2.00. The van der Waals surface area contributed by atoms with Gasteiger partial charge in [0.25, 0.3) is 0 Å². The summed E-state index contributed by atoms with van der Waals surface area (Å²) in [6.45, 7) is 0. The molecule has 0 amide bonds. The lowest BCUT2D eigenvalue weighted by Gasteiger charge is -2.08. The highest BCUT2D eigenvalue weighted by Crippen LogP contribution is 2.14. The van der Waals surface area contributed by atoms with E-state index in [1.807, 2.05) is 18.2 Å². The minimum atomic E-state index is -0.595. The van der Waals surface area contributed by atoms with Crippen LogP contribution in [0.4, 0.5) is 0 Å². The molecular formula is C10H8O3. The zero-order chi connectivity index (χ0) is 9.10. The maximum atomic E-state index is 11.0. The molecule has 0 aliphatic carbocycles. The summed E-state index contributed by atoms with van der Waals surface area (Å²) in [5, 5.41) is 0. The second kappa shape index (κ2) is 3.31. The summed E-state index contributed by atoms with van der Waals surface area (Å²) in [7, 11) is 0. The van der Waals surface area contributed by atoms with Gasteiger partial charge in [-0.3, -0.25) is 0 Å². The first kappa shape index (κ1) is 7.86. The van der Waals surface area contributed by atoms with Crippen LogP contribution in [0, 0.1) is 0 Å². The first-order valence-corrected chi connectivity index (χ1v) is 3.95. The first-order valence-electron chi connectivity index (χ1n) is 3.95. The van der Waals surface area contributed by atoms with Gasteiger partial charge in [-0.25, -0.2) is 4.79 Å². The van der Waals surface area contributed by atoms with E-state index in [2.05, 4.69) is 4.74 Å². The van der Waals surface area contributed by atoms with Gasteiger partial charge in [0.15, 0.2) is 0 Å². The zero-order valence-corrected chi connectivity index (χ0v) is 6.84. The molecule has 0 fully saturated rings. The highest BCUT2D eigenvalue weighted by molar-refractivity contribution is 5.80. The lowest BCUT2D eigenvalue weighted by Crippen LogP contribution is -2.21. The topological polar surface area (TPSA) is 35.5 Å². The van der Waals surface area contributed by atoms with E-state index in [0.717, 1.165) is 0 Å². The summed E-state index contributed by atoms with van der Waals surface area (Å²) in [4.78, 5) is 11.0. The smallest absolute Gasteiger partial charge is 0.356 e. The molecule has 0 saturated carbocycles. The van der Waals surface area contributed by atoms with Crippen molar-refractivity contribution >= 4 is 5.97 Å². The van der Waals surface area contributed by atoms with Crippen LogP contribution in [0.25, 0.3) is 0 Å². The predicted octanol–water partition coefficient (Wildman–Crippen LogP) is 1.50. The Morgan fingerprint density at radius 3 is 2.62 bits per heavy atom. The number of carbonyl (C=O) groups is 1. The number of benzene rings is 1. The summed E-state index contributed by atoms with van der Waals surface area (Å²) in [5.74, 6) is 0.292. The van der Waals surface area contributed by atoms with Gasteiger partial charge in [-0.05, 0) is 12.1 Å².